The van der Waals surface area contributed by atoms with Crippen molar-refractivity contribution in [1.82, 2.24) is 0 Å². The van der Waals surface area contributed by atoms with E-state index in [9.17, 15) is 26.4 Å². The largest absolute Gasteiger partial charge is 0.493 e. The maximum atomic E-state index is 14.0. The lowest BCUT2D eigenvalue weighted by molar-refractivity contribution is 0.0601. The molecule has 0 spiro atoms. The topological polar surface area (TPSA) is 100 Å². The van der Waals surface area contributed by atoms with Crippen molar-refractivity contribution in [2.45, 2.75) is 4.90 Å². The molecule has 0 amide bonds. The minimum atomic E-state index is -4.84. The van der Waals surface area contributed by atoms with Gasteiger partial charge in [-0.3, -0.25) is 4.72 Å². The molecule has 0 fully saturated rings. The molecular weight excluding hydrogens is 419 g/mol. The van der Waals surface area contributed by atoms with Gasteiger partial charge >= 0.3 is 5.97 Å². The summed E-state index contributed by atoms with van der Waals surface area (Å²) in [7, 11) is -0.162. The third-order valence-corrected chi connectivity index (χ3v) is 5.13. The SMILES string of the molecule is COC(=O)c1cc(OC)c(OC)c(OC)c1NS(=O)(=O)c1ccc(F)c(F)c1F. The molecule has 2 aromatic rings. The van der Waals surface area contributed by atoms with Crippen LogP contribution in [0.4, 0.5) is 18.9 Å². The first-order valence-corrected chi connectivity index (χ1v) is 9.18. The van der Waals surface area contributed by atoms with Gasteiger partial charge in [0.1, 0.15) is 10.6 Å². The Labute approximate surface area is 164 Å². The highest BCUT2D eigenvalue weighted by molar-refractivity contribution is 7.92. The van der Waals surface area contributed by atoms with E-state index in [1.807, 2.05) is 4.72 Å². The van der Waals surface area contributed by atoms with Gasteiger partial charge in [-0.05, 0) is 12.1 Å². The van der Waals surface area contributed by atoms with Crippen molar-refractivity contribution in [3.63, 3.8) is 0 Å². The molecule has 0 atom stereocenters. The van der Waals surface area contributed by atoms with E-state index in [1.54, 1.807) is 0 Å². The van der Waals surface area contributed by atoms with Gasteiger partial charge in [-0.2, -0.15) is 0 Å². The lowest BCUT2D eigenvalue weighted by atomic mass is 10.1. The number of carbonyl (C=O) groups excluding carboxylic acids is 1. The summed E-state index contributed by atoms with van der Waals surface area (Å²) >= 11 is 0. The third kappa shape index (κ3) is 4.01. The van der Waals surface area contributed by atoms with E-state index in [2.05, 4.69) is 4.74 Å². The van der Waals surface area contributed by atoms with Crippen LogP contribution in [0.25, 0.3) is 0 Å². The van der Waals surface area contributed by atoms with Crippen molar-refractivity contribution in [3.05, 3.63) is 41.2 Å². The van der Waals surface area contributed by atoms with Crippen LogP contribution in [-0.2, 0) is 14.8 Å². The number of hydrogen-bond acceptors (Lipinski definition) is 7. The number of ether oxygens (including phenoxy) is 4. The summed E-state index contributed by atoms with van der Waals surface area (Å²) in [4.78, 5) is 11.0. The zero-order chi connectivity index (χ0) is 21.9. The first-order chi connectivity index (χ1) is 13.6. The van der Waals surface area contributed by atoms with Crippen LogP contribution < -0.4 is 18.9 Å². The smallest absolute Gasteiger partial charge is 0.340 e. The summed E-state index contributed by atoms with van der Waals surface area (Å²) in [6, 6.07) is 2.08. The van der Waals surface area contributed by atoms with Crippen molar-refractivity contribution in [3.8, 4) is 17.2 Å². The number of rotatable bonds is 7. The number of nitrogens with one attached hydrogen (secondary N) is 1. The molecule has 1 N–H and O–H groups in total. The van der Waals surface area contributed by atoms with Gasteiger partial charge in [0.15, 0.2) is 29.0 Å². The monoisotopic (exact) mass is 435 g/mol. The summed E-state index contributed by atoms with van der Waals surface area (Å²) < 4.78 is 87.9. The Morgan fingerprint density at radius 2 is 1.55 bits per heavy atom. The summed E-state index contributed by atoms with van der Waals surface area (Å²) in [5.74, 6) is -6.85. The molecule has 0 saturated heterocycles. The minimum absolute atomic E-state index is 0.00621. The van der Waals surface area contributed by atoms with E-state index >= 15 is 0 Å². The van der Waals surface area contributed by atoms with E-state index in [0.717, 1.165) is 20.3 Å². The van der Waals surface area contributed by atoms with E-state index in [1.165, 1.54) is 14.2 Å². The van der Waals surface area contributed by atoms with Crippen molar-refractivity contribution in [1.29, 1.82) is 0 Å². The molecule has 0 aliphatic heterocycles. The molecule has 0 aliphatic rings. The van der Waals surface area contributed by atoms with Gasteiger partial charge in [-0.1, -0.05) is 0 Å². The second kappa shape index (κ2) is 8.47. The van der Waals surface area contributed by atoms with Crippen LogP contribution in [0.1, 0.15) is 10.4 Å². The lowest BCUT2D eigenvalue weighted by Crippen LogP contribution is -2.19. The fraction of sp³-hybridized carbons (Fsp3) is 0.235. The minimum Gasteiger partial charge on any atom is -0.493 e. The molecule has 0 aliphatic carbocycles. The van der Waals surface area contributed by atoms with Gasteiger partial charge < -0.3 is 18.9 Å². The number of sulfonamides is 1. The van der Waals surface area contributed by atoms with E-state index in [0.29, 0.717) is 12.1 Å². The van der Waals surface area contributed by atoms with Crippen LogP contribution in [0.2, 0.25) is 0 Å². The molecule has 0 heterocycles. The van der Waals surface area contributed by atoms with E-state index in [4.69, 9.17) is 14.2 Å². The van der Waals surface area contributed by atoms with Crippen LogP contribution in [0.3, 0.4) is 0 Å². The first kappa shape index (κ1) is 22.1. The van der Waals surface area contributed by atoms with Gasteiger partial charge in [-0.25, -0.2) is 26.4 Å². The molecule has 29 heavy (non-hydrogen) atoms. The van der Waals surface area contributed by atoms with Gasteiger partial charge in [0, 0.05) is 6.07 Å². The second-order valence-electron chi connectivity index (χ2n) is 5.34. The maximum Gasteiger partial charge on any atom is 0.340 e. The zero-order valence-corrected chi connectivity index (χ0v) is 16.4. The highest BCUT2D eigenvalue weighted by Gasteiger charge is 2.31. The number of hydrogen-bond donors (Lipinski definition) is 1. The van der Waals surface area contributed by atoms with E-state index in [-0.39, 0.29) is 22.8 Å². The molecule has 0 radical (unpaired) electrons. The van der Waals surface area contributed by atoms with E-state index < -0.39 is 44.0 Å². The lowest BCUT2D eigenvalue weighted by Gasteiger charge is -2.19. The molecule has 12 heteroatoms. The number of anilines is 1. The molecule has 8 nitrogen and oxygen atoms in total. The van der Waals surface area contributed by atoms with Gasteiger partial charge in [0.25, 0.3) is 10.0 Å². The fourth-order valence-corrected chi connectivity index (χ4v) is 3.59. The molecule has 0 aromatic heterocycles. The summed E-state index contributed by atoms with van der Waals surface area (Å²) in [5, 5.41) is 0. The average molecular weight is 435 g/mol. The molecule has 0 unspecified atom stereocenters. The molecule has 0 saturated carbocycles. The van der Waals surface area contributed by atoms with Crippen molar-refractivity contribution in [2.75, 3.05) is 33.2 Å². The van der Waals surface area contributed by atoms with Crippen LogP contribution in [0.15, 0.2) is 23.1 Å². The standard InChI is InChI=1S/C17H16F3NO7S/c1-25-10-7-8(17(22)28-4)14(16(27-3)15(10)26-2)21-29(23,24)11-6-5-9(18)12(19)13(11)20/h5-7,21H,1-4H3. The normalized spacial score (nSPS) is 11.0. The number of benzene rings is 2. The van der Waals surface area contributed by atoms with Crippen molar-refractivity contribution < 1.29 is 45.3 Å². The Balaban J connectivity index is 2.76. The fourth-order valence-electron chi connectivity index (χ4n) is 2.43. The number of halogens is 3. The number of esters is 1. The van der Waals surface area contributed by atoms with Crippen LogP contribution in [0.5, 0.6) is 17.2 Å². The highest BCUT2D eigenvalue weighted by Crippen LogP contribution is 2.46. The van der Waals surface area contributed by atoms with Crippen LogP contribution in [-0.4, -0.2) is 42.8 Å². The Hall–Kier alpha value is -3.15. The molecule has 2 rings (SSSR count). The molecule has 158 valence electrons. The Bertz CT molecular complexity index is 1060. The Kier molecular flexibility index (Phi) is 6.47. The summed E-state index contributed by atoms with van der Waals surface area (Å²) in [6.07, 6.45) is 0. The molecule has 0 bridgehead atoms. The van der Waals surface area contributed by atoms with Crippen LogP contribution in [0, 0.1) is 17.5 Å². The first-order valence-electron chi connectivity index (χ1n) is 7.70. The zero-order valence-electron chi connectivity index (χ0n) is 15.6. The van der Waals surface area contributed by atoms with Crippen molar-refractivity contribution >= 4 is 21.7 Å². The third-order valence-electron chi connectivity index (χ3n) is 3.76. The summed E-state index contributed by atoms with van der Waals surface area (Å²) in [6.45, 7) is 0. The van der Waals surface area contributed by atoms with Gasteiger partial charge in [0.05, 0.1) is 34.0 Å². The Morgan fingerprint density at radius 3 is 2.07 bits per heavy atom. The molecule has 2 aromatic carbocycles. The predicted molar refractivity (Wildman–Crippen MR) is 94.6 cm³/mol. The van der Waals surface area contributed by atoms with Gasteiger partial charge in [0.2, 0.25) is 5.75 Å². The number of methoxy groups -OCH3 is 4. The quantitative estimate of drug-likeness (QED) is 0.527. The highest BCUT2D eigenvalue weighted by atomic mass is 32.2. The Morgan fingerprint density at radius 1 is 0.931 bits per heavy atom. The average Bonchev–Trinajstić information content (AvgIpc) is 2.70. The van der Waals surface area contributed by atoms with Crippen molar-refractivity contribution in [2.24, 2.45) is 0 Å². The predicted octanol–water partition coefficient (Wildman–Crippen LogP) is 2.72. The summed E-state index contributed by atoms with van der Waals surface area (Å²) in [5.41, 5.74) is -0.852. The molecular formula is C17H16F3NO7S. The van der Waals surface area contributed by atoms with Gasteiger partial charge in [-0.15, -0.1) is 0 Å². The number of carbonyl (C=O) groups is 1. The van der Waals surface area contributed by atoms with Crippen LogP contribution >= 0.6 is 0 Å². The second-order valence-corrected chi connectivity index (χ2v) is 6.99. The maximum absolute atomic E-state index is 14.0.